The third-order valence-corrected chi connectivity index (χ3v) is 4.05. The first-order chi connectivity index (χ1) is 8.74. The highest BCUT2D eigenvalue weighted by atomic mass is 35.5. The van der Waals surface area contributed by atoms with Gasteiger partial charge in [0, 0.05) is 24.7 Å². The van der Waals surface area contributed by atoms with Gasteiger partial charge in [0.1, 0.15) is 0 Å². The number of benzene rings is 1. The van der Waals surface area contributed by atoms with Crippen LogP contribution in [0.25, 0.3) is 0 Å². The van der Waals surface area contributed by atoms with E-state index >= 15 is 0 Å². The van der Waals surface area contributed by atoms with Crippen LogP contribution in [0.5, 0.6) is 0 Å². The molecular weight excluding hydrogens is 248 g/mol. The predicted molar refractivity (Wildman–Crippen MR) is 69.3 cm³/mol. The summed E-state index contributed by atoms with van der Waals surface area (Å²) in [5.74, 6) is 0. The van der Waals surface area contributed by atoms with Crippen molar-refractivity contribution in [1.29, 1.82) is 5.26 Å². The number of rotatable bonds is 2. The second kappa shape index (κ2) is 4.89. The van der Waals surface area contributed by atoms with Gasteiger partial charge in [0.15, 0.2) is 0 Å². The molecule has 0 N–H and O–H groups in total. The zero-order valence-electron chi connectivity index (χ0n) is 10.1. The van der Waals surface area contributed by atoms with E-state index in [4.69, 9.17) is 21.6 Å². The highest BCUT2D eigenvalue weighted by molar-refractivity contribution is 6.31. The maximum atomic E-state index is 8.82. The minimum atomic E-state index is 0.404. The second-order valence-corrected chi connectivity index (χ2v) is 5.48. The van der Waals surface area contributed by atoms with Crippen molar-refractivity contribution in [3.05, 3.63) is 34.3 Å². The number of nitriles is 1. The Balaban J connectivity index is 1.71. The lowest BCUT2D eigenvalue weighted by Gasteiger charge is -2.32. The molecule has 2 aliphatic heterocycles. The van der Waals surface area contributed by atoms with Crippen LogP contribution in [0.1, 0.15) is 24.0 Å². The van der Waals surface area contributed by atoms with Gasteiger partial charge in [-0.3, -0.25) is 4.90 Å². The van der Waals surface area contributed by atoms with Crippen molar-refractivity contribution in [2.75, 3.05) is 13.1 Å². The van der Waals surface area contributed by atoms with Crippen LogP contribution >= 0.6 is 11.6 Å². The molecule has 0 saturated carbocycles. The zero-order chi connectivity index (χ0) is 12.5. The SMILES string of the molecule is N#Cc1ccc(CN2CC3CCC(C2)O3)c(Cl)c1. The molecule has 1 aromatic carbocycles. The van der Waals surface area contributed by atoms with E-state index in [1.54, 1.807) is 6.07 Å². The summed E-state index contributed by atoms with van der Waals surface area (Å²) in [6.45, 7) is 2.83. The van der Waals surface area contributed by atoms with Gasteiger partial charge in [0.2, 0.25) is 0 Å². The molecular formula is C14H15ClN2O. The number of likely N-dealkylation sites (tertiary alicyclic amines) is 1. The van der Waals surface area contributed by atoms with Crippen molar-refractivity contribution in [3.63, 3.8) is 0 Å². The van der Waals surface area contributed by atoms with Crippen molar-refractivity contribution in [2.45, 2.75) is 31.6 Å². The molecule has 2 atom stereocenters. The molecule has 0 aromatic heterocycles. The largest absolute Gasteiger partial charge is 0.372 e. The number of nitrogens with zero attached hydrogens (tertiary/aromatic N) is 2. The molecule has 0 radical (unpaired) electrons. The van der Waals surface area contributed by atoms with Crippen LogP contribution < -0.4 is 0 Å². The average Bonchev–Trinajstić information content (AvgIpc) is 2.71. The number of hydrogen-bond acceptors (Lipinski definition) is 3. The van der Waals surface area contributed by atoms with Crippen LogP contribution in [0, 0.1) is 11.3 Å². The number of morpholine rings is 1. The molecule has 2 fully saturated rings. The molecule has 2 aliphatic rings. The molecule has 2 unspecified atom stereocenters. The monoisotopic (exact) mass is 262 g/mol. The van der Waals surface area contributed by atoms with E-state index in [9.17, 15) is 0 Å². The summed E-state index contributed by atoms with van der Waals surface area (Å²) in [4.78, 5) is 2.40. The summed E-state index contributed by atoms with van der Waals surface area (Å²) < 4.78 is 5.81. The van der Waals surface area contributed by atoms with E-state index in [2.05, 4.69) is 11.0 Å². The first kappa shape index (κ1) is 12.0. The fourth-order valence-electron chi connectivity index (χ4n) is 2.81. The Hall–Kier alpha value is -1.08. The maximum Gasteiger partial charge on any atom is 0.0992 e. The normalized spacial score (nSPS) is 27.1. The van der Waals surface area contributed by atoms with Gasteiger partial charge in [-0.25, -0.2) is 0 Å². The Morgan fingerprint density at radius 3 is 2.67 bits per heavy atom. The predicted octanol–water partition coefficient (Wildman–Crippen LogP) is 2.57. The Labute approximate surface area is 112 Å². The molecule has 0 aliphatic carbocycles. The van der Waals surface area contributed by atoms with E-state index in [0.29, 0.717) is 22.8 Å². The van der Waals surface area contributed by atoms with Crippen LogP contribution in [0.3, 0.4) is 0 Å². The molecule has 2 heterocycles. The minimum absolute atomic E-state index is 0.404. The molecule has 4 heteroatoms. The van der Waals surface area contributed by atoms with E-state index in [-0.39, 0.29) is 0 Å². The summed E-state index contributed by atoms with van der Waals surface area (Å²) in [5.41, 5.74) is 1.71. The summed E-state index contributed by atoms with van der Waals surface area (Å²) in [6.07, 6.45) is 3.17. The second-order valence-electron chi connectivity index (χ2n) is 5.07. The third-order valence-electron chi connectivity index (χ3n) is 3.70. The molecule has 1 aromatic rings. The summed E-state index contributed by atoms with van der Waals surface area (Å²) in [7, 11) is 0. The van der Waals surface area contributed by atoms with E-state index < -0.39 is 0 Å². The van der Waals surface area contributed by atoms with Gasteiger partial charge >= 0.3 is 0 Å². The highest BCUT2D eigenvalue weighted by Gasteiger charge is 2.33. The molecule has 3 nitrogen and oxygen atoms in total. The topological polar surface area (TPSA) is 36.3 Å². The lowest BCUT2D eigenvalue weighted by Crippen LogP contribution is -2.42. The average molecular weight is 263 g/mol. The van der Waals surface area contributed by atoms with Gasteiger partial charge in [-0.05, 0) is 30.5 Å². The molecule has 2 saturated heterocycles. The van der Waals surface area contributed by atoms with Crippen LogP contribution in [-0.4, -0.2) is 30.2 Å². The number of halogens is 1. The van der Waals surface area contributed by atoms with Gasteiger partial charge in [-0.2, -0.15) is 5.26 Å². The fraction of sp³-hybridized carbons (Fsp3) is 0.500. The number of hydrogen-bond donors (Lipinski definition) is 0. The van der Waals surface area contributed by atoms with Crippen molar-refractivity contribution in [1.82, 2.24) is 4.90 Å². The molecule has 0 amide bonds. The summed E-state index contributed by atoms with van der Waals surface area (Å²) >= 11 is 6.21. The molecule has 18 heavy (non-hydrogen) atoms. The molecule has 3 rings (SSSR count). The van der Waals surface area contributed by atoms with Gasteiger partial charge < -0.3 is 4.74 Å². The Morgan fingerprint density at radius 2 is 2.06 bits per heavy atom. The zero-order valence-corrected chi connectivity index (χ0v) is 10.9. The van der Waals surface area contributed by atoms with Crippen molar-refractivity contribution < 1.29 is 4.74 Å². The summed E-state index contributed by atoms with van der Waals surface area (Å²) in [5, 5.41) is 9.50. The summed E-state index contributed by atoms with van der Waals surface area (Å²) in [6, 6.07) is 7.63. The Kier molecular flexibility index (Phi) is 3.25. The van der Waals surface area contributed by atoms with Crippen LogP contribution in [0.4, 0.5) is 0 Å². The Bertz CT molecular complexity index is 485. The van der Waals surface area contributed by atoms with E-state index in [1.165, 1.54) is 12.8 Å². The quantitative estimate of drug-likeness (QED) is 0.822. The van der Waals surface area contributed by atoms with Crippen molar-refractivity contribution in [2.24, 2.45) is 0 Å². The lowest BCUT2D eigenvalue weighted by atomic mass is 10.1. The lowest BCUT2D eigenvalue weighted by molar-refractivity contribution is -0.0410. The first-order valence-corrected chi connectivity index (χ1v) is 6.69. The van der Waals surface area contributed by atoms with Gasteiger partial charge in [0.05, 0.1) is 23.8 Å². The third kappa shape index (κ3) is 2.37. The van der Waals surface area contributed by atoms with Crippen molar-refractivity contribution >= 4 is 11.6 Å². The van der Waals surface area contributed by atoms with Crippen LogP contribution in [0.15, 0.2) is 18.2 Å². The first-order valence-electron chi connectivity index (χ1n) is 6.31. The van der Waals surface area contributed by atoms with Gasteiger partial charge in [-0.1, -0.05) is 17.7 Å². The smallest absolute Gasteiger partial charge is 0.0992 e. The van der Waals surface area contributed by atoms with E-state index in [0.717, 1.165) is 25.2 Å². The van der Waals surface area contributed by atoms with Gasteiger partial charge in [0.25, 0.3) is 0 Å². The fourth-order valence-corrected chi connectivity index (χ4v) is 3.05. The number of ether oxygens (including phenoxy) is 1. The molecule has 2 bridgehead atoms. The molecule has 94 valence electrons. The Morgan fingerprint density at radius 1 is 1.33 bits per heavy atom. The maximum absolute atomic E-state index is 8.82. The van der Waals surface area contributed by atoms with Crippen LogP contribution in [0.2, 0.25) is 5.02 Å². The van der Waals surface area contributed by atoms with E-state index in [1.807, 2.05) is 12.1 Å². The van der Waals surface area contributed by atoms with Crippen LogP contribution in [-0.2, 0) is 11.3 Å². The standard InChI is InChI=1S/C14H15ClN2O/c15-14-5-10(6-16)1-2-11(14)7-17-8-12-3-4-13(9-17)18-12/h1-2,5,12-13H,3-4,7-9H2. The minimum Gasteiger partial charge on any atom is -0.372 e. The number of fused-ring (bicyclic) bond motifs is 2. The van der Waals surface area contributed by atoms with Gasteiger partial charge in [-0.15, -0.1) is 0 Å². The highest BCUT2D eigenvalue weighted by Crippen LogP contribution is 2.28. The molecule has 0 spiro atoms. The van der Waals surface area contributed by atoms with Crippen molar-refractivity contribution in [3.8, 4) is 6.07 Å².